The van der Waals surface area contributed by atoms with Crippen LogP contribution in [0.2, 0.25) is 0 Å². The molecule has 0 N–H and O–H groups in total. The van der Waals surface area contributed by atoms with Crippen LogP contribution in [0.15, 0.2) is 48.5 Å². The summed E-state index contributed by atoms with van der Waals surface area (Å²) in [4.78, 5) is 19.6. The first-order valence-corrected chi connectivity index (χ1v) is 12.2. The van der Waals surface area contributed by atoms with E-state index in [2.05, 4.69) is 9.55 Å². The normalized spacial score (nSPS) is 15.7. The summed E-state index contributed by atoms with van der Waals surface area (Å²) in [7, 11) is -1.58. The minimum Gasteiger partial charge on any atom is -0.339 e. The van der Waals surface area contributed by atoms with Crippen molar-refractivity contribution in [2.24, 2.45) is 0 Å². The molecule has 1 aromatic heterocycles. The van der Waals surface area contributed by atoms with Crippen LogP contribution < -0.4 is 0 Å². The first kappa shape index (κ1) is 21.5. The molecular weight excluding hydrogens is 412 g/mol. The second-order valence-electron chi connectivity index (χ2n) is 7.97. The lowest BCUT2D eigenvalue weighted by Crippen LogP contribution is -2.47. The minimum atomic E-state index is -3.22. The first-order chi connectivity index (χ1) is 14.8. The molecule has 1 aliphatic rings. The number of amides is 1. The van der Waals surface area contributed by atoms with Gasteiger partial charge in [-0.1, -0.05) is 18.2 Å². The third-order valence-corrected chi connectivity index (χ3v) is 8.06. The molecule has 0 atom stereocenters. The van der Waals surface area contributed by atoms with E-state index in [1.54, 1.807) is 14.0 Å². The molecule has 7 nitrogen and oxygen atoms in total. The molecule has 0 saturated carbocycles. The Kier molecular flexibility index (Phi) is 5.85. The van der Waals surface area contributed by atoms with Gasteiger partial charge in [-0.3, -0.25) is 9.36 Å². The third-order valence-electron chi connectivity index (χ3n) is 6.15. The Balaban J connectivity index is 1.52. The summed E-state index contributed by atoms with van der Waals surface area (Å²) in [6.07, 6.45) is 1.29. The summed E-state index contributed by atoms with van der Waals surface area (Å²) in [6, 6.07) is 15.6. The maximum atomic E-state index is 13.1. The van der Waals surface area contributed by atoms with Crippen LogP contribution in [0.3, 0.4) is 0 Å². The molecule has 0 aliphatic carbocycles. The van der Waals surface area contributed by atoms with Crippen molar-refractivity contribution in [1.82, 2.24) is 18.8 Å². The van der Waals surface area contributed by atoms with E-state index in [-0.39, 0.29) is 17.7 Å². The number of hydrogen-bond acceptors (Lipinski definition) is 4. The largest absolute Gasteiger partial charge is 0.339 e. The van der Waals surface area contributed by atoms with Crippen molar-refractivity contribution in [3.63, 3.8) is 0 Å². The molecular formula is C23H28N4O3S. The van der Waals surface area contributed by atoms with E-state index in [0.717, 1.165) is 22.5 Å². The molecule has 1 aliphatic heterocycles. The van der Waals surface area contributed by atoms with Crippen molar-refractivity contribution in [2.45, 2.75) is 32.7 Å². The Bertz CT molecular complexity index is 1200. The number of sulfonamides is 1. The van der Waals surface area contributed by atoms with Crippen LogP contribution in [0.4, 0.5) is 0 Å². The third kappa shape index (κ3) is 4.09. The van der Waals surface area contributed by atoms with Gasteiger partial charge in [0.1, 0.15) is 5.82 Å². The SMILES string of the molecule is CCS(=O)(=O)N(C)C1CCN(C(=O)c2ccc3c(c2)nc(C)n3-c2ccccc2)CC1. The smallest absolute Gasteiger partial charge is 0.253 e. The lowest BCUT2D eigenvalue weighted by atomic mass is 10.0. The highest BCUT2D eigenvalue weighted by molar-refractivity contribution is 7.89. The summed E-state index contributed by atoms with van der Waals surface area (Å²) in [5.74, 6) is 0.928. The van der Waals surface area contributed by atoms with Crippen LogP contribution in [0.25, 0.3) is 16.7 Å². The number of nitrogens with zero attached hydrogens (tertiary/aromatic N) is 4. The maximum Gasteiger partial charge on any atom is 0.253 e. The van der Waals surface area contributed by atoms with Gasteiger partial charge in [0.25, 0.3) is 5.91 Å². The van der Waals surface area contributed by atoms with Crippen LogP contribution >= 0.6 is 0 Å². The zero-order valence-corrected chi connectivity index (χ0v) is 19.0. The fourth-order valence-corrected chi connectivity index (χ4v) is 5.35. The molecule has 31 heavy (non-hydrogen) atoms. The van der Waals surface area contributed by atoms with E-state index < -0.39 is 10.0 Å². The highest BCUT2D eigenvalue weighted by atomic mass is 32.2. The predicted octanol–water partition coefficient (Wildman–Crippen LogP) is 3.22. The number of benzene rings is 2. The fraction of sp³-hybridized carbons (Fsp3) is 0.391. The van der Waals surface area contributed by atoms with Crippen LogP contribution in [0.5, 0.6) is 0 Å². The van der Waals surface area contributed by atoms with Gasteiger partial charge in [0, 0.05) is 37.4 Å². The van der Waals surface area contributed by atoms with E-state index in [1.165, 1.54) is 4.31 Å². The average Bonchev–Trinajstić information content (AvgIpc) is 3.13. The number of carbonyl (C=O) groups is 1. The highest BCUT2D eigenvalue weighted by Gasteiger charge is 2.30. The Labute approximate surface area is 183 Å². The zero-order chi connectivity index (χ0) is 22.2. The molecule has 0 unspecified atom stereocenters. The first-order valence-electron chi connectivity index (χ1n) is 10.6. The summed E-state index contributed by atoms with van der Waals surface area (Å²) in [5.41, 5.74) is 3.40. The summed E-state index contributed by atoms with van der Waals surface area (Å²) < 4.78 is 27.8. The number of hydrogen-bond donors (Lipinski definition) is 0. The minimum absolute atomic E-state index is 0.0340. The topological polar surface area (TPSA) is 75.5 Å². The standard InChI is InChI=1S/C23H28N4O3S/c1-4-31(29,30)25(3)19-12-14-26(15-13-19)23(28)18-10-11-22-21(16-18)24-17(2)27(22)20-8-6-5-7-9-20/h5-11,16,19H,4,12-15H2,1-3H3. The summed E-state index contributed by atoms with van der Waals surface area (Å²) >= 11 is 0. The second-order valence-corrected chi connectivity index (χ2v) is 10.3. The van der Waals surface area contributed by atoms with Crippen molar-refractivity contribution in [2.75, 3.05) is 25.9 Å². The number of imidazole rings is 1. The Morgan fingerprint density at radius 3 is 2.45 bits per heavy atom. The van der Waals surface area contributed by atoms with Gasteiger partial charge in [0.2, 0.25) is 10.0 Å². The number of carbonyl (C=O) groups excluding carboxylic acids is 1. The molecule has 0 bridgehead atoms. The quantitative estimate of drug-likeness (QED) is 0.611. The van der Waals surface area contributed by atoms with E-state index in [4.69, 9.17) is 0 Å². The van der Waals surface area contributed by atoms with Gasteiger partial charge >= 0.3 is 0 Å². The van der Waals surface area contributed by atoms with E-state index in [0.29, 0.717) is 31.5 Å². The van der Waals surface area contributed by atoms with E-state index in [1.807, 2.05) is 60.4 Å². The lowest BCUT2D eigenvalue weighted by molar-refractivity contribution is 0.0686. The van der Waals surface area contributed by atoms with Crippen molar-refractivity contribution < 1.29 is 13.2 Å². The molecule has 0 radical (unpaired) electrons. The highest BCUT2D eigenvalue weighted by Crippen LogP contribution is 2.24. The number of likely N-dealkylation sites (tertiary alicyclic amines) is 1. The molecule has 1 saturated heterocycles. The van der Waals surface area contributed by atoms with Crippen molar-refractivity contribution in [1.29, 1.82) is 0 Å². The molecule has 1 fully saturated rings. The van der Waals surface area contributed by atoms with Crippen LogP contribution in [-0.4, -0.2) is 65.0 Å². The number of aromatic nitrogens is 2. The van der Waals surface area contributed by atoms with Gasteiger partial charge in [-0.15, -0.1) is 0 Å². The average molecular weight is 441 g/mol. The molecule has 3 aromatic rings. The Morgan fingerprint density at radius 2 is 1.81 bits per heavy atom. The molecule has 164 valence electrons. The van der Waals surface area contributed by atoms with Gasteiger partial charge in [-0.05, 0) is 57.0 Å². The van der Waals surface area contributed by atoms with Gasteiger partial charge in [-0.2, -0.15) is 0 Å². The molecule has 2 heterocycles. The summed E-state index contributed by atoms with van der Waals surface area (Å²) in [6.45, 7) is 4.70. The van der Waals surface area contributed by atoms with Crippen LogP contribution in [0, 0.1) is 6.92 Å². The number of piperidine rings is 1. The lowest BCUT2D eigenvalue weighted by Gasteiger charge is -2.36. The van der Waals surface area contributed by atoms with Gasteiger partial charge in [-0.25, -0.2) is 17.7 Å². The van der Waals surface area contributed by atoms with Crippen molar-refractivity contribution in [3.8, 4) is 5.69 Å². The summed E-state index contributed by atoms with van der Waals surface area (Å²) in [5, 5.41) is 0. The molecule has 8 heteroatoms. The number of aryl methyl sites for hydroxylation is 1. The molecule has 2 aromatic carbocycles. The van der Waals surface area contributed by atoms with E-state index in [9.17, 15) is 13.2 Å². The van der Waals surface area contributed by atoms with Gasteiger partial charge in [0.05, 0.1) is 16.8 Å². The molecule has 4 rings (SSSR count). The van der Waals surface area contributed by atoms with Gasteiger partial charge < -0.3 is 4.90 Å². The number of rotatable bonds is 5. The zero-order valence-electron chi connectivity index (χ0n) is 18.2. The predicted molar refractivity (Wildman–Crippen MR) is 122 cm³/mol. The van der Waals surface area contributed by atoms with Gasteiger partial charge in [0.15, 0.2) is 0 Å². The van der Waals surface area contributed by atoms with E-state index >= 15 is 0 Å². The Morgan fingerprint density at radius 1 is 1.13 bits per heavy atom. The van der Waals surface area contributed by atoms with Crippen molar-refractivity contribution >= 4 is 27.0 Å². The molecule has 1 amide bonds. The molecule has 0 spiro atoms. The second kappa shape index (κ2) is 8.43. The fourth-order valence-electron chi connectivity index (χ4n) is 4.28. The van der Waals surface area contributed by atoms with Crippen molar-refractivity contribution in [3.05, 3.63) is 59.9 Å². The van der Waals surface area contributed by atoms with Crippen LogP contribution in [0.1, 0.15) is 35.9 Å². The maximum absolute atomic E-state index is 13.1. The Hall–Kier alpha value is -2.71. The number of para-hydroxylation sites is 1. The van der Waals surface area contributed by atoms with Crippen LogP contribution in [-0.2, 0) is 10.0 Å². The monoisotopic (exact) mass is 440 g/mol. The number of fused-ring (bicyclic) bond motifs is 1.